The van der Waals surface area contributed by atoms with Crippen molar-refractivity contribution in [2.24, 2.45) is 0 Å². The SMILES string of the molecule is COc1ccc(Br)c(C(=O)NCC(C)(C)N2CCOCC2)c1. The van der Waals surface area contributed by atoms with Crippen molar-refractivity contribution < 1.29 is 14.3 Å². The molecule has 0 radical (unpaired) electrons. The molecular weight excluding hydrogens is 348 g/mol. The van der Waals surface area contributed by atoms with Gasteiger partial charge in [-0.3, -0.25) is 9.69 Å². The van der Waals surface area contributed by atoms with Gasteiger partial charge in [-0.1, -0.05) is 0 Å². The van der Waals surface area contributed by atoms with Crippen LogP contribution in [-0.2, 0) is 4.74 Å². The van der Waals surface area contributed by atoms with E-state index < -0.39 is 0 Å². The number of hydrogen-bond acceptors (Lipinski definition) is 4. The molecule has 1 aliphatic rings. The minimum Gasteiger partial charge on any atom is -0.497 e. The van der Waals surface area contributed by atoms with E-state index in [1.54, 1.807) is 13.2 Å². The predicted molar refractivity (Wildman–Crippen MR) is 89.5 cm³/mol. The van der Waals surface area contributed by atoms with Gasteiger partial charge in [0.1, 0.15) is 5.75 Å². The number of nitrogens with one attached hydrogen (secondary N) is 1. The highest BCUT2D eigenvalue weighted by molar-refractivity contribution is 9.10. The maximum absolute atomic E-state index is 12.4. The topological polar surface area (TPSA) is 50.8 Å². The number of morpholine rings is 1. The van der Waals surface area contributed by atoms with E-state index in [-0.39, 0.29) is 11.4 Å². The number of amides is 1. The molecule has 1 aromatic rings. The minimum absolute atomic E-state index is 0.105. The van der Waals surface area contributed by atoms with E-state index in [1.165, 1.54) is 0 Å². The molecule has 6 heteroatoms. The van der Waals surface area contributed by atoms with Crippen LogP contribution in [0.1, 0.15) is 24.2 Å². The number of halogens is 1. The first kappa shape index (κ1) is 17.2. The minimum atomic E-state index is -0.106. The molecule has 0 unspecified atom stereocenters. The molecule has 0 saturated carbocycles. The first-order valence-corrected chi connectivity index (χ1v) is 8.18. The molecule has 1 heterocycles. The van der Waals surface area contributed by atoms with Gasteiger partial charge in [-0.05, 0) is 48.0 Å². The van der Waals surface area contributed by atoms with Crippen LogP contribution in [0.4, 0.5) is 0 Å². The molecule has 1 N–H and O–H groups in total. The molecule has 0 aromatic heterocycles. The Morgan fingerprint density at radius 1 is 1.41 bits per heavy atom. The summed E-state index contributed by atoms with van der Waals surface area (Å²) in [5.74, 6) is 0.563. The van der Waals surface area contributed by atoms with Gasteiger partial charge in [0.15, 0.2) is 0 Å². The number of carbonyl (C=O) groups is 1. The average Bonchev–Trinajstić information content (AvgIpc) is 2.54. The molecule has 22 heavy (non-hydrogen) atoms. The number of carbonyl (C=O) groups excluding carboxylic acids is 1. The molecule has 1 aromatic carbocycles. The molecule has 0 aliphatic carbocycles. The van der Waals surface area contributed by atoms with Gasteiger partial charge in [0.25, 0.3) is 5.91 Å². The van der Waals surface area contributed by atoms with Crippen molar-refractivity contribution in [2.75, 3.05) is 40.0 Å². The van der Waals surface area contributed by atoms with Crippen LogP contribution < -0.4 is 10.1 Å². The zero-order chi connectivity index (χ0) is 16.2. The van der Waals surface area contributed by atoms with Crippen LogP contribution in [0.15, 0.2) is 22.7 Å². The van der Waals surface area contributed by atoms with E-state index >= 15 is 0 Å². The van der Waals surface area contributed by atoms with Gasteiger partial charge in [0.2, 0.25) is 0 Å². The van der Waals surface area contributed by atoms with Crippen LogP contribution in [0.25, 0.3) is 0 Å². The second-order valence-electron chi connectivity index (χ2n) is 5.94. The summed E-state index contributed by atoms with van der Waals surface area (Å²) in [7, 11) is 1.59. The Balaban J connectivity index is 1.99. The van der Waals surface area contributed by atoms with Gasteiger partial charge in [0, 0.05) is 29.6 Å². The maximum atomic E-state index is 12.4. The zero-order valence-corrected chi connectivity index (χ0v) is 14.9. The molecule has 0 bridgehead atoms. The number of nitrogens with zero attached hydrogens (tertiary/aromatic N) is 1. The Kier molecular flexibility index (Phi) is 5.83. The van der Waals surface area contributed by atoms with E-state index in [0.717, 1.165) is 30.8 Å². The van der Waals surface area contributed by atoms with Crippen molar-refractivity contribution in [2.45, 2.75) is 19.4 Å². The molecular formula is C16H23BrN2O3. The smallest absolute Gasteiger partial charge is 0.252 e. The van der Waals surface area contributed by atoms with Crippen LogP contribution in [0.2, 0.25) is 0 Å². The molecule has 1 saturated heterocycles. The second-order valence-corrected chi connectivity index (χ2v) is 6.79. The van der Waals surface area contributed by atoms with Gasteiger partial charge in [-0.25, -0.2) is 0 Å². The number of methoxy groups -OCH3 is 1. The van der Waals surface area contributed by atoms with Crippen LogP contribution in [0.3, 0.4) is 0 Å². The first-order chi connectivity index (χ1) is 10.4. The highest BCUT2D eigenvalue weighted by Crippen LogP contribution is 2.23. The van der Waals surface area contributed by atoms with Gasteiger partial charge < -0.3 is 14.8 Å². The maximum Gasteiger partial charge on any atom is 0.252 e. The van der Waals surface area contributed by atoms with Crippen molar-refractivity contribution in [3.63, 3.8) is 0 Å². The normalized spacial score (nSPS) is 16.4. The van der Waals surface area contributed by atoms with Crippen LogP contribution >= 0.6 is 15.9 Å². The molecule has 1 fully saturated rings. The van der Waals surface area contributed by atoms with E-state index in [0.29, 0.717) is 17.9 Å². The lowest BCUT2D eigenvalue weighted by Crippen LogP contribution is -2.55. The number of benzene rings is 1. The fourth-order valence-corrected chi connectivity index (χ4v) is 2.90. The number of rotatable bonds is 5. The molecule has 1 aliphatic heterocycles. The summed E-state index contributed by atoms with van der Waals surface area (Å²) in [6.07, 6.45) is 0. The fourth-order valence-electron chi connectivity index (χ4n) is 2.48. The third kappa shape index (κ3) is 4.21. The quantitative estimate of drug-likeness (QED) is 0.863. The molecule has 0 atom stereocenters. The lowest BCUT2D eigenvalue weighted by molar-refractivity contribution is -0.00923. The Morgan fingerprint density at radius 3 is 2.73 bits per heavy atom. The summed E-state index contributed by atoms with van der Waals surface area (Å²) in [4.78, 5) is 14.8. The summed E-state index contributed by atoms with van der Waals surface area (Å²) in [6.45, 7) is 8.14. The lowest BCUT2D eigenvalue weighted by atomic mass is 10.0. The summed E-state index contributed by atoms with van der Waals surface area (Å²) in [5.41, 5.74) is 0.474. The van der Waals surface area contributed by atoms with Crippen LogP contribution in [-0.4, -0.2) is 56.3 Å². The number of ether oxygens (including phenoxy) is 2. The summed E-state index contributed by atoms with van der Waals surface area (Å²) < 4.78 is 11.3. The van der Waals surface area contributed by atoms with Gasteiger partial charge >= 0.3 is 0 Å². The molecule has 0 spiro atoms. The Bertz CT molecular complexity index is 528. The van der Waals surface area contributed by atoms with Crippen molar-refractivity contribution in [3.8, 4) is 5.75 Å². The third-order valence-electron chi connectivity index (χ3n) is 3.97. The van der Waals surface area contributed by atoms with Crippen molar-refractivity contribution >= 4 is 21.8 Å². The van der Waals surface area contributed by atoms with E-state index in [9.17, 15) is 4.79 Å². The van der Waals surface area contributed by atoms with E-state index in [1.807, 2.05) is 12.1 Å². The Hall–Kier alpha value is -1.11. The highest BCUT2D eigenvalue weighted by atomic mass is 79.9. The van der Waals surface area contributed by atoms with Crippen molar-refractivity contribution in [1.29, 1.82) is 0 Å². The van der Waals surface area contributed by atoms with Gasteiger partial charge in [0.05, 0.1) is 25.9 Å². The fraction of sp³-hybridized carbons (Fsp3) is 0.562. The average molecular weight is 371 g/mol. The lowest BCUT2D eigenvalue weighted by Gasteiger charge is -2.40. The van der Waals surface area contributed by atoms with E-state index in [4.69, 9.17) is 9.47 Å². The van der Waals surface area contributed by atoms with Gasteiger partial charge in [-0.2, -0.15) is 0 Å². The number of hydrogen-bond donors (Lipinski definition) is 1. The second kappa shape index (κ2) is 7.44. The predicted octanol–water partition coefficient (Wildman–Crippen LogP) is 2.30. The van der Waals surface area contributed by atoms with Crippen molar-refractivity contribution in [1.82, 2.24) is 10.2 Å². The van der Waals surface area contributed by atoms with Crippen molar-refractivity contribution in [3.05, 3.63) is 28.2 Å². The zero-order valence-electron chi connectivity index (χ0n) is 13.3. The first-order valence-electron chi connectivity index (χ1n) is 7.38. The Labute approximate surface area is 140 Å². The third-order valence-corrected chi connectivity index (χ3v) is 4.66. The van der Waals surface area contributed by atoms with Gasteiger partial charge in [-0.15, -0.1) is 0 Å². The largest absolute Gasteiger partial charge is 0.497 e. The summed E-state index contributed by atoms with van der Waals surface area (Å²) in [5, 5.41) is 3.02. The Morgan fingerprint density at radius 2 is 2.09 bits per heavy atom. The van der Waals surface area contributed by atoms with Crippen LogP contribution in [0.5, 0.6) is 5.75 Å². The highest BCUT2D eigenvalue weighted by Gasteiger charge is 2.28. The monoisotopic (exact) mass is 370 g/mol. The molecule has 1 amide bonds. The molecule has 2 rings (SSSR count). The summed E-state index contributed by atoms with van der Waals surface area (Å²) in [6, 6.07) is 5.38. The molecule has 122 valence electrons. The van der Waals surface area contributed by atoms with E-state index in [2.05, 4.69) is 40.0 Å². The molecule has 5 nitrogen and oxygen atoms in total. The standard InChI is InChI=1S/C16H23BrN2O3/c1-16(2,19-6-8-22-9-7-19)11-18-15(20)13-10-12(21-3)4-5-14(13)17/h4-5,10H,6-9,11H2,1-3H3,(H,18,20). The van der Waals surface area contributed by atoms with Crippen LogP contribution in [0, 0.1) is 0 Å². The summed E-state index contributed by atoms with van der Waals surface area (Å²) >= 11 is 3.41.